The van der Waals surface area contributed by atoms with Crippen LogP contribution in [0.25, 0.3) is 0 Å². The summed E-state index contributed by atoms with van der Waals surface area (Å²) >= 11 is 0. The number of hydrogen-bond acceptors (Lipinski definition) is 2. The zero-order chi connectivity index (χ0) is 9.73. The average Bonchev–Trinajstić information content (AvgIpc) is 2.17. The van der Waals surface area contributed by atoms with Gasteiger partial charge in [-0.25, -0.2) is 9.65 Å². The van der Waals surface area contributed by atoms with Crippen molar-refractivity contribution in [1.82, 2.24) is 5.09 Å². The summed E-state index contributed by atoms with van der Waals surface area (Å²) < 4.78 is 15.3. The highest BCUT2D eigenvalue weighted by Crippen LogP contribution is 2.35. The van der Waals surface area contributed by atoms with Gasteiger partial charge in [0.2, 0.25) is 0 Å². The second-order valence-electron chi connectivity index (χ2n) is 2.52. The molecule has 5 heteroatoms. The third-order valence-electron chi connectivity index (χ3n) is 1.57. The monoisotopic (exact) mass is 201 g/mol. The molecule has 72 valence electrons. The lowest BCUT2D eigenvalue weighted by Crippen LogP contribution is -2.10. The first-order valence-electron chi connectivity index (χ1n) is 3.81. The van der Waals surface area contributed by atoms with E-state index in [2.05, 4.69) is 9.61 Å². The Labute approximate surface area is 77.1 Å². The van der Waals surface area contributed by atoms with E-state index in [9.17, 15) is 4.57 Å². The van der Waals surface area contributed by atoms with Crippen molar-refractivity contribution < 1.29 is 14.0 Å². The number of nitrogens with one attached hydrogen (secondary N) is 1. The maximum absolute atomic E-state index is 11.0. The molecule has 0 saturated heterocycles. The summed E-state index contributed by atoms with van der Waals surface area (Å²) in [5.74, 6) is 0. The van der Waals surface area contributed by atoms with Gasteiger partial charge in [0.05, 0.1) is 0 Å². The Hall–Kier alpha value is -0.670. The van der Waals surface area contributed by atoms with E-state index in [4.69, 9.17) is 4.89 Å². The molecular weight excluding hydrogens is 189 g/mol. The molecule has 0 spiro atoms. The normalized spacial score (nSPS) is 15.2. The highest BCUT2D eigenvalue weighted by atomic mass is 31.2. The number of rotatable bonds is 4. The molecule has 0 aliphatic rings. The standard InChI is InChI=1S/C8H12NO3P/c1-12-13(10,11)9-7-8-5-3-2-4-6-8/h2-6H,7H2,1H3,(H2,9,10,11). The maximum atomic E-state index is 11.0. The molecule has 0 aliphatic heterocycles. The van der Waals surface area contributed by atoms with Crippen LogP contribution in [0.5, 0.6) is 0 Å². The number of benzene rings is 1. The Morgan fingerprint density at radius 3 is 2.62 bits per heavy atom. The summed E-state index contributed by atoms with van der Waals surface area (Å²) in [5.41, 5.74) is 0.939. The molecule has 1 aromatic carbocycles. The highest BCUT2D eigenvalue weighted by molar-refractivity contribution is 7.50. The van der Waals surface area contributed by atoms with Crippen molar-refractivity contribution in [2.24, 2.45) is 0 Å². The minimum Gasteiger partial charge on any atom is -0.312 e. The van der Waals surface area contributed by atoms with E-state index in [1.165, 1.54) is 7.11 Å². The Balaban J connectivity index is 2.49. The van der Waals surface area contributed by atoms with Crippen molar-refractivity contribution in [3.05, 3.63) is 35.9 Å². The van der Waals surface area contributed by atoms with Crippen molar-refractivity contribution in [1.29, 1.82) is 0 Å². The van der Waals surface area contributed by atoms with Crippen molar-refractivity contribution in [3.63, 3.8) is 0 Å². The molecule has 1 atom stereocenters. The van der Waals surface area contributed by atoms with Gasteiger partial charge >= 0.3 is 7.75 Å². The lowest BCUT2D eigenvalue weighted by atomic mass is 10.2. The van der Waals surface area contributed by atoms with Gasteiger partial charge in [-0.05, 0) is 5.56 Å². The van der Waals surface area contributed by atoms with Crippen LogP contribution in [0, 0.1) is 0 Å². The molecule has 0 amide bonds. The molecule has 0 aromatic heterocycles. The first-order valence-corrected chi connectivity index (χ1v) is 5.39. The summed E-state index contributed by atoms with van der Waals surface area (Å²) in [6.07, 6.45) is 0. The molecule has 1 aromatic rings. The average molecular weight is 201 g/mol. The maximum Gasteiger partial charge on any atom is 0.402 e. The summed E-state index contributed by atoms with van der Waals surface area (Å²) in [5, 5.41) is 2.41. The molecule has 0 radical (unpaired) electrons. The second kappa shape index (κ2) is 4.53. The molecule has 0 heterocycles. The molecule has 1 unspecified atom stereocenters. The van der Waals surface area contributed by atoms with Gasteiger partial charge < -0.3 is 9.42 Å². The van der Waals surface area contributed by atoms with Crippen molar-refractivity contribution in [2.45, 2.75) is 6.54 Å². The molecule has 1 rings (SSSR count). The first-order chi connectivity index (χ1) is 6.14. The van der Waals surface area contributed by atoms with Crippen LogP contribution in [0.2, 0.25) is 0 Å². The lowest BCUT2D eigenvalue weighted by molar-refractivity contribution is 0.302. The SMILES string of the molecule is COP(=O)(O)NCc1ccccc1. The van der Waals surface area contributed by atoms with Crippen molar-refractivity contribution in [3.8, 4) is 0 Å². The fourth-order valence-corrected chi connectivity index (χ4v) is 1.36. The van der Waals surface area contributed by atoms with Gasteiger partial charge in [0, 0.05) is 13.7 Å². The Bertz CT molecular complexity index is 302. The van der Waals surface area contributed by atoms with E-state index in [0.29, 0.717) is 6.54 Å². The molecule has 2 N–H and O–H groups in total. The van der Waals surface area contributed by atoms with Gasteiger partial charge in [-0.1, -0.05) is 30.3 Å². The van der Waals surface area contributed by atoms with Gasteiger partial charge in [-0.3, -0.25) is 0 Å². The van der Waals surface area contributed by atoms with Crippen molar-refractivity contribution >= 4 is 7.75 Å². The van der Waals surface area contributed by atoms with Gasteiger partial charge in [-0.2, -0.15) is 0 Å². The van der Waals surface area contributed by atoms with E-state index in [0.717, 1.165) is 5.56 Å². The van der Waals surface area contributed by atoms with E-state index >= 15 is 0 Å². The minimum absolute atomic E-state index is 0.322. The van der Waals surface area contributed by atoms with Crippen LogP contribution in [0.1, 0.15) is 5.56 Å². The first kappa shape index (κ1) is 10.4. The zero-order valence-corrected chi connectivity index (χ0v) is 8.20. The molecular formula is C8H12NO3P. The van der Waals surface area contributed by atoms with Crippen LogP contribution in [-0.4, -0.2) is 12.0 Å². The predicted molar refractivity (Wildman–Crippen MR) is 50.1 cm³/mol. The third kappa shape index (κ3) is 3.70. The van der Waals surface area contributed by atoms with Gasteiger partial charge in [0.15, 0.2) is 0 Å². The summed E-state index contributed by atoms with van der Waals surface area (Å²) in [4.78, 5) is 9.01. The van der Waals surface area contributed by atoms with Crippen LogP contribution in [0.4, 0.5) is 0 Å². The second-order valence-corrected chi connectivity index (χ2v) is 4.25. The fourth-order valence-electron chi connectivity index (χ4n) is 0.852. The van der Waals surface area contributed by atoms with Crippen LogP contribution < -0.4 is 5.09 Å². The van der Waals surface area contributed by atoms with Crippen LogP contribution in [0.3, 0.4) is 0 Å². The zero-order valence-electron chi connectivity index (χ0n) is 7.30. The van der Waals surface area contributed by atoms with Crippen LogP contribution in [-0.2, 0) is 15.6 Å². The molecule has 0 saturated carbocycles. The lowest BCUT2D eigenvalue weighted by Gasteiger charge is -2.09. The molecule has 13 heavy (non-hydrogen) atoms. The molecule has 0 bridgehead atoms. The van der Waals surface area contributed by atoms with Gasteiger partial charge in [0.1, 0.15) is 0 Å². The van der Waals surface area contributed by atoms with Crippen LogP contribution in [0.15, 0.2) is 30.3 Å². The van der Waals surface area contributed by atoms with Crippen molar-refractivity contribution in [2.75, 3.05) is 7.11 Å². The Morgan fingerprint density at radius 2 is 2.08 bits per heavy atom. The summed E-state index contributed by atoms with van der Waals surface area (Å²) in [7, 11) is -2.40. The van der Waals surface area contributed by atoms with E-state index in [-0.39, 0.29) is 0 Å². The predicted octanol–water partition coefficient (Wildman–Crippen LogP) is 1.52. The van der Waals surface area contributed by atoms with E-state index in [1.54, 1.807) is 0 Å². The third-order valence-corrected chi connectivity index (χ3v) is 2.63. The quantitative estimate of drug-likeness (QED) is 0.725. The van der Waals surface area contributed by atoms with Gasteiger partial charge in [0.25, 0.3) is 0 Å². The van der Waals surface area contributed by atoms with Gasteiger partial charge in [-0.15, -0.1) is 0 Å². The molecule has 4 nitrogen and oxygen atoms in total. The van der Waals surface area contributed by atoms with E-state index in [1.807, 2.05) is 30.3 Å². The Morgan fingerprint density at radius 1 is 1.46 bits per heavy atom. The fraction of sp³-hybridized carbons (Fsp3) is 0.250. The van der Waals surface area contributed by atoms with Crippen LogP contribution >= 0.6 is 7.75 Å². The largest absolute Gasteiger partial charge is 0.402 e. The number of hydrogen-bond donors (Lipinski definition) is 2. The molecule has 0 aliphatic carbocycles. The van der Waals surface area contributed by atoms with E-state index < -0.39 is 7.75 Å². The molecule has 0 fully saturated rings. The minimum atomic E-state index is -3.59. The Kier molecular flexibility index (Phi) is 3.63. The topological polar surface area (TPSA) is 58.6 Å². The highest BCUT2D eigenvalue weighted by Gasteiger charge is 2.14. The summed E-state index contributed by atoms with van der Waals surface area (Å²) in [6, 6.07) is 9.35. The summed E-state index contributed by atoms with van der Waals surface area (Å²) in [6.45, 7) is 0.322. The smallest absolute Gasteiger partial charge is 0.312 e.